The van der Waals surface area contributed by atoms with Crippen molar-refractivity contribution in [1.82, 2.24) is 5.32 Å². The van der Waals surface area contributed by atoms with E-state index in [0.717, 1.165) is 27.6 Å². The van der Waals surface area contributed by atoms with Crippen LogP contribution < -0.4 is 15.0 Å². The molecule has 0 bridgehead atoms. The average Bonchev–Trinajstić information content (AvgIpc) is 2.95. The fraction of sp³-hybridized carbons (Fsp3) is 0.269. The zero-order valence-electron chi connectivity index (χ0n) is 18.9. The molecule has 0 radical (unpaired) electrons. The van der Waals surface area contributed by atoms with Crippen molar-refractivity contribution in [1.29, 1.82) is 0 Å². The summed E-state index contributed by atoms with van der Waals surface area (Å²) in [5, 5.41) is 5.43. The lowest BCUT2D eigenvalue weighted by Crippen LogP contribution is -2.37. The molecule has 0 aliphatic carbocycles. The van der Waals surface area contributed by atoms with Crippen LogP contribution in [0.5, 0.6) is 5.75 Å². The molecular weight excluding hydrogens is 438 g/mol. The van der Waals surface area contributed by atoms with Crippen LogP contribution in [0.4, 0.5) is 5.69 Å². The molecule has 0 aromatic heterocycles. The maximum atomic E-state index is 13.7. The van der Waals surface area contributed by atoms with Crippen molar-refractivity contribution >= 4 is 45.6 Å². The number of carbonyl (C=O) groups excluding carboxylic acids is 2. The molecule has 1 aliphatic heterocycles. The lowest BCUT2D eigenvalue weighted by Gasteiger charge is -2.25. The van der Waals surface area contributed by atoms with Gasteiger partial charge in [0.1, 0.15) is 11.5 Å². The van der Waals surface area contributed by atoms with Gasteiger partial charge >= 0.3 is 0 Å². The van der Waals surface area contributed by atoms with Crippen molar-refractivity contribution in [2.24, 2.45) is 4.99 Å². The van der Waals surface area contributed by atoms with Gasteiger partial charge in [-0.2, -0.15) is 0 Å². The molecule has 0 spiro atoms. The molecular formula is C26H26ClN3O3. The first-order valence-corrected chi connectivity index (χ1v) is 11.2. The lowest BCUT2D eigenvalue weighted by molar-refractivity contribution is -0.120. The molecule has 7 heteroatoms. The predicted octanol–water partition coefficient (Wildman–Crippen LogP) is 4.56. The van der Waals surface area contributed by atoms with Gasteiger partial charge in [-0.05, 0) is 67.4 Å². The van der Waals surface area contributed by atoms with E-state index in [1.165, 1.54) is 0 Å². The summed E-state index contributed by atoms with van der Waals surface area (Å²) in [6.07, 6.45) is 1.03. The van der Waals surface area contributed by atoms with Gasteiger partial charge in [0.25, 0.3) is 11.8 Å². The number of fused-ring (bicyclic) bond motifs is 2. The highest BCUT2D eigenvalue weighted by Gasteiger charge is 2.29. The lowest BCUT2D eigenvalue weighted by atomic mass is 10.0. The number of halogens is 1. The van der Waals surface area contributed by atoms with Gasteiger partial charge in [-0.15, -0.1) is 0 Å². The van der Waals surface area contributed by atoms with Gasteiger partial charge in [-0.3, -0.25) is 9.59 Å². The van der Waals surface area contributed by atoms with E-state index < -0.39 is 6.04 Å². The number of ether oxygens (including phenoxy) is 1. The van der Waals surface area contributed by atoms with E-state index in [-0.39, 0.29) is 24.1 Å². The molecule has 3 aromatic carbocycles. The van der Waals surface area contributed by atoms with Crippen molar-refractivity contribution < 1.29 is 14.3 Å². The number of likely N-dealkylation sites (N-methyl/N-ethyl adjacent to an activating group) is 1. The summed E-state index contributed by atoms with van der Waals surface area (Å²) in [7, 11) is 3.31. The maximum absolute atomic E-state index is 13.7. The number of aliphatic imine (C=N–C) groups is 1. The van der Waals surface area contributed by atoms with Gasteiger partial charge < -0.3 is 15.0 Å². The van der Waals surface area contributed by atoms with Crippen LogP contribution in [-0.2, 0) is 22.6 Å². The smallest absolute Gasteiger partial charge is 0.273 e. The maximum Gasteiger partial charge on any atom is 0.273 e. The molecule has 0 saturated carbocycles. The van der Waals surface area contributed by atoms with E-state index in [1.807, 2.05) is 54.6 Å². The molecule has 6 nitrogen and oxygen atoms in total. The van der Waals surface area contributed by atoms with Gasteiger partial charge in [0.2, 0.25) is 0 Å². The first kappa shape index (κ1) is 23.0. The van der Waals surface area contributed by atoms with E-state index in [9.17, 15) is 9.59 Å². The number of rotatable bonds is 5. The van der Waals surface area contributed by atoms with E-state index in [1.54, 1.807) is 26.0 Å². The summed E-state index contributed by atoms with van der Waals surface area (Å²) < 4.78 is 5.65. The number of methoxy groups -OCH3 is 1. The molecule has 1 heterocycles. The van der Waals surface area contributed by atoms with E-state index in [4.69, 9.17) is 16.3 Å². The minimum absolute atomic E-state index is 0.264. The Morgan fingerprint density at radius 1 is 1.18 bits per heavy atom. The number of amides is 2. The number of hydrogen-bond acceptors (Lipinski definition) is 4. The second-order valence-electron chi connectivity index (χ2n) is 8.04. The first-order valence-electron chi connectivity index (χ1n) is 10.9. The molecule has 33 heavy (non-hydrogen) atoms. The summed E-state index contributed by atoms with van der Waals surface area (Å²) in [4.78, 5) is 32.1. The van der Waals surface area contributed by atoms with E-state index in [0.29, 0.717) is 23.6 Å². The number of para-hydroxylation sites is 1. The van der Waals surface area contributed by atoms with Crippen LogP contribution >= 0.6 is 11.6 Å². The fourth-order valence-corrected chi connectivity index (χ4v) is 4.26. The van der Waals surface area contributed by atoms with E-state index >= 15 is 0 Å². The average molecular weight is 464 g/mol. The number of carbonyl (C=O) groups is 2. The van der Waals surface area contributed by atoms with Gasteiger partial charge in [0.15, 0.2) is 0 Å². The third-order valence-electron chi connectivity index (χ3n) is 6.04. The van der Waals surface area contributed by atoms with Gasteiger partial charge in [0, 0.05) is 16.3 Å². The SMILES string of the molecule is CN[C@@H](C)C(=O)N=C1CCc2ccccc2N(Cc2c(OC)ccc3cc(Cl)ccc23)C1=O. The molecule has 0 fully saturated rings. The quantitative estimate of drug-likeness (QED) is 0.602. The molecule has 2 amide bonds. The van der Waals surface area contributed by atoms with Crippen LogP contribution in [0, 0.1) is 0 Å². The summed E-state index contributed by atoms with van der Waals surface area (Å²) in [6.45, 7) is 2.00. The Labute approximate surface area is 198 Å². The van der Waals surface area contributed by atoms with Gasteiger partial charge in [0.05, 0.1) is 19.7 Å². The molecule has 1 aliphatic rings. The minimum Gasteiger partial charge on any atom is -0.496 e. The Morgan fingerprint density at radius 3 is 2.73 bits per heavy atom. The number of benzene rings is 3. The second kappa shape index (κ2) is 9.73. The Morgan fingerprint density at radius 2 is 1.97 bits per heavy atom. The van der Waals surface area contributed by atoms with Crippen LogP contribution in [0.1, 0.15) is 24.5 Å². The third-order valence-corrected chi connectivity index (χ3v) is 6.28. The number of nitrogens with zero attached hydrogens (tertiary/aromatic N) is 2. The van der Waals surface area contributed by atoms with Crippen molar-refractivity contribution in [3.05, 3.63) is 70.7 Å². The van der Waals surface area contributed by atoms with Crippen LogP contribution in [0.3, 0.4) is 0 Å². The molecule has 1 N–H and O–H groups in total. The number of hydrogen-bond donors (Lipinski definition) is 1. The predicted molar refractivity (Wildman–Crippen MR) is 132 cm³/mol. The highest BCUT2D eigenvalue weighted by Crippen LogP contribution is 2.34. The van der Waals surface area contributed by atoms with Gasteiger partial charge in [-0.1, -0.05) is 41.9 Å². The molecule has 4 rings (SSSR count). The second-order valence-corrected chi connectivity index (χ2v) is 8.48. The topological polar surface area (TPSA) is 71.0 Å². The van der Waals surface area contributed by atoms with Gasteiger partial charge in [-0.25, -0.2) is 4.99 Å². The highest BCUT2D eigenvalue weighted by atomic mass is 35.5. The molecule has 0 unspecified atom stereocenters. The van der Waals surface area contributed by atoms with E-state index in [2.05, 4.69) is 10.3 Å². The molecule has 1 atom stereocenters. The van der Waals surface area contributed by atoms with Crippen LogP contribution in [-0.4, -0.2) is 37.7 Å². The normalized spacial score (nSPS) is 15.9. The third kappa shape index (κ3) is 4.63. The largest absolute Gasteiger partial charge is 0.496 e. The molecule has 170 valence electrons. The van der Waals surface area contributed by atoms with Crippen molar-refractivity contribution in [2.45, 2.75) is 32.4 Å². The first-order chi connectivity index (χ1) is 15.9. The summed E-state index contributed by atoms with van der Waals surface area (Å²) >= 11 is 6.20. The van der Waals surface area contributed by atoms with Crippen LogP contribution in [0.2, 0.25) is 5.02 Å². The summed E-state index contributed by atoms with van der Waals surface area (Å²) in [5.74, 6) is 0.0477. The van der Waals surface area contributed by atoms with Crippen LogP contribution in [0.25, 0.3) is 10.8 Å². The number of anilines is 1. The Hall–Kier alpha value is -3.22. The zero-order chi connectivity index (χ0) is 23.5. The number of nitrogens with one attached hydrogen (secondary N) is 1. The number of aryl methyl sites for hydroxylation is 1. The monoisotopic (exact) mass is 463 g/mol. The van der Waals surface area contributed by atoms with Crippen molar-refractivity contribution in [3.8, 4) is 5.75 Å². The Balaban J connectivity index is 1.83. The highest BCUT2D eigenvalue weighted by molar-refractivity contribution is 6.45. The zero-order valence-corrected chi connectivity index (χ0v) is 19.6. The minimum atomic E-state index is -0.465. The Bertz CT molecular complexity index is 1250. The summed E-state index contributed by atoms with van der Waals surface area (Å²) in [5.41, 5.74) is 2.98. The van der Waals surface area contributed by atoms with Crippen molar-refractivity contribution in [2.75, 3.05) is 19.1 Å². The molecule has 3 aromatic rings. The molecule has 0 saturated heterocycles. The van der Waals surface area contributed by atoms with Crippen LogP contribution in [0.15, 0.2) is 59.6 Å². The standard InChI is InChI=1S/C26H26ClN3O3/c1-16(28-2)25(31)29-22-12-8-17-6-4-5-7-23(17)30(26(22)32)15-21-20-11-10-19(27)14-18(20)9-13-24(21)33-3/h4-7,9-11,13-14,16,28H,8,12,15H2,1-3H3/t16-/m0/s1. The summed E-state index contributed by atoms with van der Waals surface area (Å²) in [6, 6.07) is 16.8. The van der Waals surface area contributed by atoms with Crippen molar-refractivity contribution in [3.63, 3.8) is 0 Å². The fourth-order valence-electron chi connectivity index (χ4n) is 4.08. The Kier molecular flexibility index (Phi) is 6.77.